The van der Waals surface area contributed by atoms with Gasteiger partial charge in [0.1, 0.15) is 5.75 Å². The molecule has 2 heteroatoms. The quantitative estimate of drug-likeness (QED) is 0.780. The van der Waals surface area contributed by atoms with Gasteiger partial charge in [0.05, 0.1) is 5.56 Å². The summed E-state index contributed by atoms with van der Waals surface area (Å²) in [7, 11) is 0. The van der Waals surface area contributed by atoms with Gasteiger partial charge in [-0.1, -0.05) is 33.8 Å². The lowest BCUT2D eigenvalue weighted by molar-refractivity contribution is 0.0979. The van der Waals surface area contributed by atoms with E-state index in [-0.39, 0.29) is 16.9 Å². The maximum Gasteiger partial charge on any atom is 0.166 e. The van der Waals surface area contributed by atoms with Crippen molar-refractivity contribution in [2.24, 2.45) is 0 Å². The van der Waals surface area contributed by atoms with Gasteiger partial charge in [0.2, 0.25) is 0 Å². The number of phenols is 1. The van der Waals surface area contributed by atoms with Crippen molar-refractivity contribution in [2.45, 2.75) is 52.4 Å². The van der Waals surface area contributed by atoms with Gasteiger partial charge < -0.3 is 5.11 Å². The first kappa shape index (κ1) is 13.8. The van der Waals surface area contributed by atoms with Crippen molar-refractivity contribution in [3.63, 3.8) is 0 Å². The molecule has 0 radical (unpaired) electrons. The second-order valence-corrected chi connectivity index (χ2v) is 5.14. The Morgan fingerprint density at radius 1 is 1.29 bits per heavy atom. The first-order valence-corrected chi connectivity index (χ1v) is 6.29. The third-order valence-corrected chi connectivity index (χ3v) is 3.44. The molecule has 17 heavy (non-hydrogen) atoms. The summed E-state index contributed by atoms with van der Waals surface area (Å²) in [6, 6.07) is 5.38. The molecule has 0 aromatic heterocycles. The van der Waals surface area contributed by atoms with E-state index in [9.17, 15) is 9.90 Å². The van der Waals surface area contributed by atoms with Crippen LogP contribution in [0.3, 0.4) is 0 Å². The highest BCUT2D eigenvalue weighted by atomic mass is 16.3. The van der Waals surface area contributed by atoms with E-state index in [2.05, 4.69) is 20.8 Å². The van der Waals surface area contributed by atoms with E-state index in [1.54, 1.807) is 6.07 Å². The van der Waals surface area contributed by atoms with Crippen LogP contribution in [0.15, 0.2) is 18.2 Å². The second kappa shape index (κ2) is 5.35. The Bertz CT molecular complexity index is 405. The highest BCUT2D eigenvalue weighted by Gasteiger charge is 2.20. The van der Waals surface area contributed by atoms with Crippen LogP contribution in [0.4, 0.5) is 0 Å². The summed E-state index contributed by atoms with van der Waals surface area (Å²) in [5, 5.41) is 9.75. The van der Waals surface area contributed by atoms with Crippen LogP contribution in [0.25, 0.3) is 0 Å². The molecule has 0 amide bonds. The van der Waals surface area contributed by atoms with Crippen LogP contribution in [0, 0.1) is 0 Å². The summed E-state index contributed by atoms with van der Waals surface area (Å²) in [6.45, 7) is 8.39. The van der Waals surface area contributed by atoms with Crippen molar-refractivity contribution in [3.8, 4) is 5.75 Å². The molecule has 0 aliphatic carbocycles. The molecule has 0 atom stereocenters. The molecular formula is C15H22O2. The van der Waals surface area contributed by atoms with Crippen molar-refractivity contribution in [2.75, 3.05) is 0 Å². The Kier molecular flexibility index (Phi) is 4.33. The van der Waals surface area contributed by atoms with E-state index in [0.717, 1.165) is 18.4 Å². The molecule has 0 fully saturated rings. The Morgan fingerprint density at radius 3 is 2.47 bits per heavy atom. The Morgan fingerprint density at radius 2 is 1.94 bits per heavy atom. The fourth-order valence-corrected chi connectivity index (χ4v) is 1.75. The summed E-state index contributed by atoms with van der Waals surface area (Å²) in [4.78, 5) is 11.9. The third-order valence-electron chi connectivity index (χ3n) is 3.44. The lowest BCUT2D eigenvalue weighted by atomic mass is 9.81. The molecule has 94 valence electrons. The molecular weight excluding hydrogens is 212 g/mol. The van der Waals surface area contributed by atoms with Crippen molar-refractivity contribution in [1.82, 2.24) is 0 Å². The zero-order chi connectivity index (χ0) is 13.1. The SMILES string of the molecule is CCCC(=O)c1cc(C(C)(C)CC)ccc1O. The second-order valence-electron chi connectivity index (χ2n) is 5.14. The minimum absolute atomic E-state index is 0.0266. The van der Waals surface area contributed by atoms with Crippen LogP contribution in [-0.4, -0.2) is 10.9 Å². The maximum atomic E-state index is 11.9. The van der Waals surface area contributed by atoms with Gasteiger partial charge in [-0.2, -0.15) is 0 Å². The third kappa shape index (κ3) is 3.09. The number of benzene rings is 1. The lowest BCUT2D eigenvalue weighted by Crippen LogP contribution is -2.16. The van der Waals surface area contributed by atoms with Crippen molar-refractivity contribution in [1.29, 1.82) is 0 Å². The number of carbonyl (C=O) groups excluding carboxylic acids is 1. The number of Topliss-reactive ketones (excluding diaryl/α,β-unsaturated/α-hetero) is 1. The van der Waals surface area contributed by atoms with Crippen LogP contribution in [-0.2, 0) is 5.41 Å². The van der Waals surface area contributed by atoms with Crippen molar-refractivity contribution < 1.29 is 9.90 Å². The molecule has 0 spiro atoms. The van der Waals surface area contributed by atoms with E-state index >= 15 is 0 Å². The summed E-state index contributed by atoms with van der Waals surface area (Å²) >= 11 is 0. The monoisotopic (exact) mass is 234 g/mol. The molecule has 0 heterocycles. The number of aromatic hydroxyl groups is 1. The van der Waals surface area contributed by atoms with Crippen LogP contribution >= 0.6 is 0 Å². The van der Waals surface area contributed by atoms with Crippen molar-refractivity contribution >= 4 is 5.78 Å². The summed E-state index contributed by atoms with van der Waals surface area (Å²) in [5.74, 6) is 0.123. The smallest absolute Gasteiger partial charge is 0.166 e. The van der Waals surface area contributed by atoms with Crippen LogP contribution in [0.2, 0.25) is 0 Å². The molecule has 0 aliphatic heterocycles. The molecule has 2 nitrogen and oxygen atoms in total. The number of carbonyl (C=O) groups is 1. The lowest BCUT2D eigenvalue weighted by Gasteiger charge is -2.24. The number of phenolic OH excluding ortho intramolecular Hbond substituents is 1. The first-order valence-electron chi connectivity index (χ1n) is 6.29. The molecule has 1 rings (SSSR count). The van der Waals surface area contributed by atoms with Crippen LogP contribution in [0.5, 0.6) is 5.75 Å². The highest BCUT2D eigenvalue weighted by Crippen LogP contribution is 2.30. The fraction of sp³-hybridized carbons (Fsp3) is 0.533. The predicted molar refractivity (Wildman–Crippen MR) is 70.7 cm³/mol. The molecule has 1 N–H and O–H groups in total. The van der Waals surface area contributed by atoms with Gasteiger partial charge in [0.25, 0.3) is 0 Å². The van der Waals surface area contributed by atoms with Crippen molar-refractivity contribution in [3.05, 3.63) is 29.3 Å². The Hall–Kier alpha value is -1.31. The molecule has 0 bridgehead atoms. The molecule has 1 aromatic carbocycles. The van der Waals surface area contributed by atoms with Gasteiger partial charge in [-0.25, -0.2) is 0 Å². The summed E-state index contributed by atoms with van der Waals surface area (Å²) in [6.07, 6.45) is 2.29. The van der Waals surface area contributed by atoms with E-state index in [4.69, 9.17) is 0 Å². The van der Waals surface area contributed by atoms with Gasteiger partial charge in [0.15, 0.2) is 5.78 Å². The van der Waals surface area contributed by atoms with Gasteiger partial charge in [-0.15, -0.1) is 0 Å². The van der Waals surface area contributed by atoms with Crippen LogP contribution < -0.4 is 0 Å². The van der Waals surface area contributed by atoms with E-state index in [1.807, 2.05) is 19.1 Å². The molecule has 0 saturated heterocycles. The average Bonchev–Trinajstić information content (AvgIpc) is 2.29. The molecule has 0 aliphatic rings. The van der Waals surface area contributed by atoms with E-state index in [1.165, 1.54) is 0 Å². The Labute approximate surface area is 104 Å². The minimum Gasteiger partial charge on any atom is -0.507 e. The Balaban J connectivity index is 3.15. The van der Waals surface area contributed by atoms with Gasteiger partial charge in [-0.05, 0) is 36.0 Å². The molecule has 1 aromatic rings. The van der Waals surface area contributed by atoms with Gasteiger partial charge >= 0.3 is 0 Å². The van der Waals surface area contributed by atoms with Gasteiger partial charge in [0, 0.05) is 6.42 Å². The number of hydrogen-bond acceptors (Lipinski definition) is 2. The predicted octanol–water partition coefficient (Wildman–Crippen LogP) is 4.06. The standard InChI is InChI=1S/C15H22O2/c1-5-7-13(16)12-10-11(8-9-14(12)17)15(3,4)6-2/h8-10,17H,5-7H2,1-4H3. The first-order chi connectivity index (χ1) is 7.92. The number of hydrogen-bond donors (Lipinski definition) is 1. The minimum atomic E-state index is 0.0266. The number of rotatable bonds is 5. The maximum absolute atomic E-state index is 11.9. The normalized spacial score (nSPS) is 11.5. The highest BCUT2D eigenvalue weighted by molar-refractivity contribution is 5.98. The van der Waals surface area contributed by atoms with Crippen LogP contribution in [0.1, 0.15) is 62.9 Å². The summed E-state index contributed by atoms with van der Waals surface area (Å²) in [5.41, 5.74) is 1.61. The summed E-state index contributed by atoms with van der Waals surface area (Å²) < 4.78 is 0. The average molecular weight is 234 g/mol. The zero-order valence-corrected chi connectivity index (χ0v) is 11.2. The molecule has 0 unspecified atom stereocenters. The molecule has 0 saturated carbocycles. The number of ketones is 1. The topological polar surface area (TPSA) is 37.3 Å². The van der Waals surface area contributed by atoms with E-state index < -0.39 is 0 Å². The fourth-order valence-electron chi connectivity index (χ4n) is 1.75. The van der Waals surface area contributed by atoms with E-state index in [0.29, 0.717) is 12.0 Å². The zero-order valence-electron chi connectivity index (χ0n) is 11.2. The van der Waals surface area contributed by atoms with Gasteiger partial charge in [-0.3, -0.25) is 4.79 Å². The largest absolute Gasteiger partial charge is 0.507 e.